The van der Waals surface area contributed by atoms with Crippen LogP contribution >= 0.6 is 0 Å². The van der Waals surface area contributed by atoms with Crippen LogP contribution in [0.5, 0.6) is 0 Å². The molecule has 2 aromatic heterocycles. The lowest BCUT2D eigenvalue weighted by Crippen LogP contribution is -2.13. The highest BCUT2D eigenvalue weighted by Gasteiger charge is 2.24. The standard InChI is InChI=1S/C19H19N3O/c1-2-6-15(7-3-1)13-23-14-17-10-9-16-12-19(21-22(16)17)18-8-4-5-11-20-18/h1-8,11-12,17H,9-10,13-14H2. The molecule has 0 spiro atoms. The van der Waals surface area contributed by atoms with Gasteiger partial charge in [-0.15, -0.1) is 0 Å². The maximum atomic E-state index is 5.90. The second-order valence-corrected chi connectivity index (χ2v) is 5.87. The fourth-order valence-electron chi connectivity index (χ4n) is 3.05. The second-order valence-electron chi connectivity index (χ2n) is 5.87. The zero-order valence-electron chi connectivity index (χ0n) is 12.9. The summed E-state index contributed by atoms with van der Waals surface area (Å²) in [6.07, 6.45) is 3.96. The van der Waals surface area contributed by atoms with E-state index in [0.717, 1.165) is 24.2 Å². The molecule has 1 unspecified atom stereocenters. The minimum absolute atomic E-state index is 0.325. The smallest absolute Gasteiger partial charge is 0.111 e. The molecule has 1 aliphatic heterocycles. The monoisotopic (exact) mass is 305 g/mol. The number of aromatic nitrogens is 3. The Morgan fingerprint density at radius 2 is 1.91 bits per heavy atom. The van der Waals surface area contributed by atoms with Crippen molar-refractivity contribution in [2.24, 2.45) is 0 Å². The third-order valence-electron chi connectivity index (χ3n) is 4.24. The Morgan fingerprint density at radius 1 is 1.04 bits per heavy atom. The Morgan fingerprint density at radius 3 is 2.74 bits per heavy atom. The Balaban J connectivity index is 1.42. The van der Waals surface area contributed by atoms with E-state index in [1.54, 1.807) is 6.20 Å². The molecule has 116 valence electrons. The number of pyridine rings is 1. The molecule has 4 heteroatoms. The predicted octanol–water partition coefficient (Wildman–Crippen LogP) is 3.65. The highest BCUT2D eigenvalue weighted by atomic mass is 16.5. The van der Waals surface area contributed by atoms with Crippen molar-refractivity contribution in [1.82, 2.24) is 14.8 Å². The Hall–Kier alpha value is -2.46. The van der Waals surface area contributed by atoms with Crippen molar-refractivity contribution >= 4 is 0 Å². The van der Waals surface area contributed by atoms with Crippen molar-refractivity contribution in [3.63, 3.8) is 0 Å². The number of hydrogen-bond donors (Lipinski definition) is 0. The van der Waals surface area contributed by atoms with Crippen molar-refractivity contribution in [3.8, 4) is 11.4 Å². The summed E-state index contributed by atoms with van der Waals surface area (Å²) in [5.74, 6) is 0. The Bertz CT molecular complexity index is 768. The zero-order valence-corrected chi connectivity index (χ0v) is 12.9. The van der Waals surface area contributed by atoms with E-state index in [2.05, 4.69) is 27.9 Å². The highest BCUT2D eigenvalue weighted by Crippen LogP contribution is 2.29. The summed E-state index contributed by atoms with van der Waals surface area (Å²) in [6.45, 7) is 1.35. The predicted molar refractivity (Wildman–Crippen MR) is 88.9 cm³/mol. The van der Waals surface area contributed by atoms with E-state index in [1.165, 1.54) is 11.3 Å². The summed E-state index contributed by atoms with van der Waals surface area (Å²) in [7, 11) is 0. The SMILES string of the molecule is c1ccc(COCC2CCc3cc(-c4ccccn4)nn32)cc1. The molecule has 3 aromatic rings. The maximum Gasteiger partial charge on any atom is 0.111 e. The summed E-state index contributed by atoms with van der Waals surface area (Å²) in [4.78, 5) is 4.38. The Labute approximate surface area is 135 Å². The summed E-state index contributed by atoms with van der Waals surface area (Å²) < 4.78 is 8.02. The van der Waals surface area contributed by atoms with Crippen LogP contribution < -0.4 is 0 Å². The van der Waals surface area contributed by atoms with Crippen LogP contribution in [0.3, 0.4) is 0 Å². The van der Waals surface area contributed by atoms with Gasteiger partial charge in [-0.2, -0.15) is 5.10 Å². The summed E-state index contributed by atoms with van der Waals surface area (Å²) in [5.41, 5.74) is 4.37. The molecule has 1 aromatic carbocycles. The third kappa shape index (κ3) is 3.03. The van der Waals surface area contributed by atoms with Gasteiger partial charge < -0.3 is 4.74 Å². The number of benzene rings is 1. The molecule has 23 heavy (non-hydrogen) atoms. The molecule has 0 aliphatic carbocycles. The molecule has 0 bridgehead atoms. The molecular weight excluding hydrogens is 286 g/mol. The van der Waals surface area contributed by atoms with Gasteiger partial charge in [0.25, 0.3) is 0 Å². The summed E-state index contributed by atoms with van der Waals surface area (Å²) in [6, 6.07) is 18.7. The zero-order chi connectivity index (χ0) is 15.5. The van der Waals surface area contributed by atoms with Gasteiger partial charge in [0.1, 0.15) is 5.69 Å². The molecule has 0 saturated carbocycles. The van der Waals surface area contributed by atoms with E-state index >= 15 is 0 Å². The molecule has 1 atom stereocenters. The van der Waals surface area contributed by atoms with E-state index < -0.39 is 0 Å². The summed E-state index contributed by atoms with van der Waals surface area (Å²) in [5, 5.41) is 4.74. The van der Waals surface area contributed by atoms with Crippen LogP contribution in [0.1, 0.15) is 23.7 Å². The normalized spacial score (nSPS) is 16.4. The maximum absolute atomic E-state index is 5.90. The number of nitrogens with zero attached hydrogens (tertiary/aromatic N) is 3. The van der Waals surface area contributed by atoms with Gasteiger partial charge in [-0.1, -0.05) is 36.4 Å². The second kappa shape index (κ2) is 6.34. The quantitative estimate of drug-likeness (QED) is 0.722. The lowest BCUT2D eigenvalue weighted by atomic mass is 10.2. The fraction of sp³-hybridized carbons (Fsp3) is 0.263. The minimum atomic E-state index is 0.325. The first-order valence-electron chi connectivity index (χ1n) is 8.01. The topological polar surface area (TPSA) is 39.9 Å². The molecule has 0 radical (unpaired) electrons. The molecule has 1 aliphatic rings. The molecule has 0 amide bonds. The van der Waals surface area contributed by atoms with E-state index in [0.29, 0.717) is 19.3 Å². The van der Waals surface area contributed by atoms with Gasteiger partial charge in [-0.25, -0.2) is 0 Å². The molecule has 4 rings (SSSR count). The van der Waals surface area contributed by atoms with Crippen LogP contribution in [0.2, 0.25) is 0 Å². The molecule has 3 heterocycles. The molecule has 0 saturated heterocycles. The minimum Gasteiger partial charge on any atom is -0.375 e. The van der Waals surface area contributed by atoms with Gasteiger partial charge in [0.05, 0.1) is 24.9 Å². The molecule has 0 fully saturated rings. The highest BCUT2D eigenvalue weighted by molar-refractivity contribution is 5.54. The number of hydrogen-bond acceptors (Lipinski definition) is 3. The van der Waals surface area contributed by atoms with Crippen LogP contribution in [-0.2, 0) is 17.8 Å². The van der Waals surface area contributed by atoms with Crippen molar-refractivity contribution in [2.75, 3.05) is 6.61 Å². The Kier molecular flexibility index (Phi) is 3.90. The van der Waals surface area contributed by atoms with E-state index in [9.17, 15) is 0 Å². The van der Waals surface area contributed by atoms with E-state index in [1.807, 2.05) is 36.4 Å². The largest absolute Gasteiger partial charge is 0.375 e. The van der Waals surface area contributed by atoms with Gasteiger partial charge in [0, 0.05) is 11.9 Å². The first-order chi connectivity index (χ1) is 11.4. The van der Waals surface area contributed by atoms with Crippen molar-refractivity contribution < 1.29 is 4.74 Å². The average molecular weight is 305 g/mol. The lowest BCUT2D eigenvalue weighted by molar-refractivity contribution is 0.0889. The number of rotatable bonds is 5. The number of ether oxygens (including phenoxy) is 1. The summed E-state index contributed by atoms with van der Waals surface area (Å²) >= 11 is 0. The van der Waals surface area contributed by atoms with Gasteiger partial charge in [0.2, 0.25) is 0 Å². The van der Waals surface area contributed by atoms with E-state index in [-0.39, 0.29) is 0 Å². The molecule has 0 N–H and O–H groups in total. The first kappa shape index (κ1) is 14.2. The average Bonchev–Trinajstić information content (AvgIpc) is 3.18. The molecular formula is C19H19N3O. The fourth-order valence-corrected chi connectivity index (χ4v) is 3.05. The van der Waals surface area contributed by atoms with Gasteiger partial charge >= 0.3 is 0 Å². The van der Waals surface area contributed by atoms with Crippen molar-refractivity contribution in [1.29, 1.82) is 0 Å². The van der Waals surface area contributed by atoms with Crippen LogP contribution in [0.4, 0.5) is 0 Å². The van der Waals surface area contributed by atoms with E-state index in [4.69, 9.17) is 9.84 Å². The van der Waals surface area contributed by atoms with Crippen LogP contribution in [0, 0.1) is 0 Å². The number of aryl methyl sites for hydroxylation is 1. The van der Waals surface area contributed by atoms with Crippen LogP contribution in [0.25, 0.3) is 11.4 Å². The lowest BCUT2D eigenvalue weighted by Gasteiger charge is -2.12. The van der Waals surface area contributed by atoms with Gasteiger partial charge in [-0.05, 0) is 36.6 Å². The van der Waals surface area contributed by atoms with Crippen molar-refractivity contribution in [2.45, 2.75) is 25.5 Å². The van der Waals surface area contributed by atoms with Crippen LogP contribution in [-0.4, -0.2) is 21.4 Å². The van der Waals surface area contributed by atoms with Crippen LogP contribution in [0.15, 0.2) is 60.8 Å². The van der Waals surface area contributed by atoms with Crippen molar-refractivity contribution in [3.05, 3.63) is 72.1 Å². The first-order valence-corrected chi connectivity index (χ1v) is 8.01. The number of fused-ring (bicyclic) bond motifs is 1. The van der Waals surface area contributed by atoms with Gasteiger partial charge in [-0.3, -0.25) is 9.67 Å². The van der Waals surface area contributed by atoms with Gasteiger partial charge in [0.15, 0.2) is 0 Å². The third-order valence-corrected chi connectivity index (χ3v) is 4.24. The molecule has 4 nitrogen and oxygen atoms in total.